The van der Waals surface area contributed by atoms with Crippen LogP contribution in [0.1, 0.15) is 75.8 Å². The quantitative estimate of drug-likeness (QED) is 0.251. The van der Waals surface area contributed by atoms with Gasteiger partial charge < -0.3 is 15.4 Å². The number of benzene rings is 2. The van der Waals surface area contributed by atoms with Crippen molar-refractivity contribution >= 4 is 23.1 Å². The van der Waals surface area contributed by atoms with E-state index in [-0.39, 0.29) is 17.9 Å². The molecule has 0 saturated heterocycles. The Morgan fingerprint density at radius 3 is 2.22 bits per heavy atom. The van der Waals surface area contributed by atoms with E-state index in [1.165, 1.54) is 31.2 Å². The van der Waals surface area contributed by atoms with Crippen LogP contribution in [0.25, 0.3) is 0 Å². The van der Waals surface area contributed by atoms with Gasteiger partial charge in [0.1, 0.15) is 17.1 Å². The largest absolute Gasteiger partial charge is 0.490 e. The van der Waals surface area contributed by atoms with Gasteiger partial charge in [0.05, 0.1) is 6.10 Å². The van der Waals surface area contributed by atoms with Crippen molar-refractivity contribution < 1.29 is 17.9 Å². The second kappa shape index (κ2) is 12.8. The van der Waals surface area contributed by atoms with Gasteiger partial charge in [-0.15, -0.1) is 0 Å². The molecular weight excluding hydrogens is 477 g/mol. The summed E-state index contributed by atoms with van der Waals surface area (Å²) in [7, 11) is 0. The number of nitrogens with zero attached hydrogens (tertiary/aromatic N) is 2. The maximum Gasteiger partial charge on any atom is 0.421 e. The number of halogens is 3. The molecule has 5 nitrogen and oxygen atoms in total. The van der Waals surface area contributed by atoms with E-state index >= 15 is 0 Å². The van der Waals surface area contributed by atoms with Gasteiger partial charge in [-0.3, -0.25) is 0 Å². The highest BCUT2D eigenvalue weighted by molar-refractivity contribution is 5.63. The first-order valence-electron chi connectivity index (χ1n) is 13.2. The number of nitrogens with one attached hydrogen (secondary N) is 2. The number of aromatic nitrogens is 2. The van der Waals surface area contributed by atoms with Crippen LogP contribution in [-0.2, 0) is 12.6 Å². The summed E-state index contributed by atoms with van der Waals surface area (Å²) < 4.78 is 47.0. The molecular formula is C29H35F3N4O. The molecule has 2 aromatic carbocycles. The number of hydrogen-bond acceptors (Lipinski definition) is 5. The molecule has 0 aliphatic heterocycles. The smallest absolute Gasteiger partial charge is 0.421 e. The number of aryl methyl sites for hydroxylation is 1. The third kappa shape index (κ3) is 8.10. The van der Waals surface area contributed by atoms with Crippen molar-refractivity contribution in [2.75, 3.05) is 10.6 Å². The summed E-state index contributed by atoms with van der Waals surface area (Å²) in [5, 5.41) is 5.83. The van der Waals surface area contributed by atoms with Crippen LogP contribution in [-0.4, -0.2) is 16.1 Å². The monoisotopic (exact) mass is 512 g/mol. The molecule has 1 saturated carbocycles. The van der Waals surface area contributed by atoms with Crippen LogP contribution in [0.4, 0.5) is 36.3 Å². The Morgan fingerprint density at radius 1 is 0.865 bits per heavy atom. The van der Waals surface area contributed by atoms with Gasteiger partial charge in [0.2, 0.25) is 5.95 Å². The van der Waals surface area contributed by atoms with Gasteiger partial charge in [0, 0.05) is 17.6 Å². The molecule has 8 heteroatoms. The predicted molar refractivity (Wildman–Crippen MR) is 142 cm³/mol. The first-order chi connectivity index (χ1) is 17.9. The van der Waals surface area contributed by atoms with Crippen molar-refractivity contribution in [3.63, 3.8) is 0 Å². The van der Waals surface area contributed by atoms with Gasteiger partial charge in [-0.2, -0.15) is 18.2 Å². The topological polar surface area (TPSA) is 59.1 Å². The highest BCUT2D eigenvalue weighted by Gasteiger charge is 2.35. The normalized spacial score (nSPS) is 14.4. The van der Waals surface area contributed by atoms with Gasteiger partial charge in [-0.05, 0) is 80.5 Å². The number of anilines is 4. The fourth-order valence-corrected chi connectivity index (χ4v) is 4.51. The molecule has 3 aromatic rings. The first-order valence-corrected chi connectivity index (χ1v) is 13.2. The summed E-state index contributed by atoms with van der Waals surface area (Å²) >= 11 is 0. The Kier molecular flexibility index (Phi) is 9.25. The Labute approximate surface area is 216 Å². The Balaban J connectivity index is 1.43. The highest BCUT2D eigenvalue weighted by Crippen LogP contribution is 2.35. The second-order valence-electron chi connectivity index (χ2n) is 9.61. The Bertz CT molecular complexity index is 1110. The maximum absolute atomic E-state index is 13.7. The lowest BCUT2D eigenvalue weighted by molar-refractivity contribution is -0.137. The fourth-order valence-electron chi connectivity index (χ4n) is 4.51. The Hall–Kier alpha value is -3.29. The van der Waals surface area contributed by atoms with E-state index < -0.39 is 11.7 Å². The molecule has 0 amide bonds. The minimum absolute atomic E-state index is 0.0865. The second-order valence-corrected chi connectivity index (χ2v) is 9.61. The summed E-state index contributed by atoms with van der Waals surface area (Å²) in [6.45, 7) is 2.19. The number of unbranched alkanes of at least 4 members (excludes halogenated alkanes) is 3. The van der Waals surface area contributed by atoms with Crippen molar-refractivity contribution in [3.05, 3.63) is 65.9 Å². The molecule has 4 rings (SSSR count). The van der Waals surface area contributed by atoms with Gasteiger partial charge in [0.25, 0.3) is 0 Å². The molecule has 37 heavy (non-hydrogen) atoms. The molecule has 0 bridgehead atoms. The minimum atomic E-state index is -4.59. The zero-order chi connectivity index (χ0) is 26.1. The SMILES string of the molecule is CCCCCCc1ccc(Nc2ncc(C(F)(F)F)c(Nc3ccc(OC4CCCCC4)cc3)n2)cc1. The highest BCUT2D eigenvalue weighted by atomic mass is 19.4. The summed E-state index contributed by atoms with van der Waals surface area (Å²) in [5.41, 5.74) is 1.50. The number of rotatable bonds is 11. The summed E-state index contributed by atoms with van der Waals surface area (Å²) in [4.78, 5) is 8.07. The van der Waals surface area contributed by atoms with Crippen LogP contribution in [0.15, 0.2) is 54.7 Å². The lowest BCUT2D eigenvalue weighted by atomic mass is 9.98. The third-order valence-corrected chi connectivity index (χ3v) is 6.60. The molecule has 1 aromatic heterocycles. The van der Waals surface area contributed by atoms with E-state index in [2.05, 4.69) is 27.5 Å². The van der Waals surface area contributed by atoms with Crippen LogP contribution in [0, 0.1) is 0 Å². The molecule has 2 N–H and O–H groups in total. The number of alkyl halides is 3. The van der Waals surface area contributed by atoms with Crippen molar-refractivity contribution in [2.45, 2.75) is 83.4 Å². The molecule has 198 valence electrons. The van der Waals surface area contributed by atoms with E-state index in [1.807, 2.05) is 24.3 Å². The van der Waals surface area contributed by atoms with Gasteiger partial charge >= 0.3 is 6.18 Å². The first kappa shape index (κ1) is 26.8. The molecule has 1 aliphatic rings. The van der Waals surface area contributed by atoms with Gasteiger partial charge in [-0.25, -0.2) is 4.98 Å². The number of hydrogen-bond donors (Lipinski definition) is 2. The molecule has 0 unspecified atom stereocenters. The Morgan fingerprint density at radius 2 is 1.54 bits per heavy atom. The van der Waals surface area contributed by atoms with Crippen molar-refractivity contribution in [1.29, 1.82) is 0 Å². The van der Waals surface area contributed by atoms with Gasteiger partial charge in [-0.1, -0.05) is 44.7 Å². The molecule has 0 spiro atoms. The van der Waals surface area contributed by atoms with Crippen molar-refractivity contribution in [2.24, 2.45) is 0 Å². The number of ether oxygens (including phenoxy) is 1. The van der Waals surface area contributed by atoms with Gasteiger partial charge in [0.15, 0.2) is 0 Å². The van der Waals surface area contributed by atoms with Crippen LogP contribution in [0.2, 0.25) is 0 Å². The van der Waals surface area contributed by atoms with Crippen LogP contribution in [0.3, 0.4) is 0 Å². The van der Waals surface area contributed by atoms with E-state index in [4.69, 9.17) is 4.74 Å². The summed E-state index contributed by atoms with van der Waals surface area (Å²) in [6, 6.07) is 14.8. The lowest BCUT2D eigenvalue weighted by Crippen LogP contribution is -2.19. The van der Waals surface area contributed by atoms with E-state index in [0.717, 1.165) is 44.7 Å². The van der Waals surface area contributed by atoms with Crippen LogP contribution >= 0.6 is 0 Å². The van der Waals surface area contributed by atoms with Crippen LogP contribution in [0.5, 0.6) is 5.75 Å². The molecule has 1 aliphatic carbocycles. The zero-order valence-corrected chi connectivity index (χ0v) is 21.3. The lowest BCUT2D eigenvalue weighted by Gasteiger charge is -2.23. The molecule has 0 atom stereocenters. The molecule has 1 fully saturated rings. The standard InChI is InChI=1S/C29H35F3N4O/c1-2-3-4-6-9-21-12-14-23(15-13-21)35-28-33-20-26(29(30,31)32)27(36-28)34-22-16-18-25(19-17-22)37-24-10-7-5-8-11-24/h12-20,24H,2-11H2,1H3,(H2,33,34,35,36). The molecule has 1 heterocycles. The average molecular weight is 513 g/mol. The van der Waals surface area contributed by atoms with E-state index in [0.29, 0.717) is 17.1 Å². The fraction of sp³-hybridized carbons (Fsp3) is 0.448. The average Bonchev–Trinajstić information content (AvgIpc) is 2.89. The summed E-state index contributed by atoms with van der Waals surface area (Å²) in [6.07, 6.45) is 7.86. The van der Waals surface area contributed by atoms with E-state index in [9.17, 15) is 13.2 Å². The van der Waals surface area contributed by atoms with Crippen molar-refractivity contribution in [3.8, 4) is 5.75 Å². The summed E-state index contributed by atoms with van der Waals surface area (Å²) in [5.74, 6) is 0.495. The zero-order valence-electron chi connectivity index (χ0n) is 21.3. The minimum Gasteiger partial charge on any atom is -0.490 e. The molecule has 0 radical (unpaired) electrons. The predicted octanol–water partition coefficient (Wildman–Crippen LogP) is 8.82. The maximum atomic E-state index is 13.7. The van der Waals surface area contributed by atoms with E-state index in [1.54, 1.807) is 24.3 Å². The van der Waals surface area contributed by atoms with Crippen LogP contribution < -0.4 is 15.4 Å². The van der Waals surface area contributed by atoms with Crippen molar-refractivity contribution in [1.82, 2.24) is 9.97 Å². The third-order valence-electron chi connectivity index (χ3n) is 6.60.